The standard InChI is InChI=1S/C15H12N6O2/c1-10-5-16-8-14(20-10)21-15(22)13-4-11(2-3-19-13)23-12-6-17-9-18-7-12/h2-9H,1H3,(H,20,21,22). The molecular formula is C15H12N6O2. The number of anilines is 1. The van der Waals surface area contributed by atoms with E-state index in [1.807, 2.05) is 0 Å². The van der Waals surface area contributed by atoms with Crippen LogP contribution in [-0.2, 0) is 0 Å². The van der Waals surface area contributed by atoms with Crippen molar-refractivity contribution >= 4 is 11.7 Å². The van der Waals surface area contributed by atoms with Crippen molar-refractivity contribution in [3.8, 4) is 11.5 Å². The Balaban J connectivity index is 1.75. The molecule has 0 aliphatic carbocycles. The van der Waals surface area contributed by atoms with Crippen LogP contribution in [0.25, 0.3) is 0 Å². The Hall–Kier alpha value is -3.42. The van der Waals surface area contributed by atoms with Gasteiger partial charge in [-0.15, -0.1) is 0 Å². The Morgan fingerprint density at radius 2 is 1.91 bits per heavy atom. The molecule has 23 heavy (non-hydrogen) atoms. The lowest BCUT2D eigenvalue weighted by atomic mass is 10.3. The van der Waals surface area contributed by atoms with Crippen LogP contribution in [0, 0.1) is 6.92 Å². The van der Waals surface area contributed by atoms with Gasteiger partial charge in [0.05, 0.1) is 24.3 Å². The summed E-state index contributed by atoms with van der Waals surface area (Å²) < 4.78 is 5.57. The molecular weight excluding hydrogens is 296 g/mol. The number of aromatic nitrogens is 5. The average molecular weight is 308 g/mol. The molecule has 0 aliphatic heterocycles. The lowest BCUT2D eigenvalue weighted by Gasteiger charge is -2.07. The van der Waals surface area contributed by atoms with Crippen molar-refractivity contribution in [2.45, 2.75) is 6.92 Å². The predicted molar refractivity (Wildman–Crippen MR) is 81.1 cm³/mol. The van der Waals surface area contributed by atoms with Gasteiger partial charge in [0.1, 0.15) is 17.8 Å². The van der Waals surface area contributed by atoms with Gasteiger partial charge >= 0.3 is 0 Å². The van der Waals surface area contributed by atoms with E-state index in [-0.39, 0.29) is 5.69 Å². The highest BCUT2D eigenvalue weighted by Gasteiger charge is 2.10. The van der Waals surface area contributed by atoms with Crippen LogP contribution in [0.15, 0.2) is 49.4 Å². The monoisotopic (exact) mass is 308 g/mol. The van der Waals surface area contributed by atoms with Gasteiger partial charge in [-0.05, 0) is 13.0 Å². The molecule has 0 aromatic carbocycles. The number of nitrogens with zero attached hydrogens (tertiary/aromatic N) is 5. The summed E-state index contributed by atoms with van der Waals surface area (Å²) in [6.07, 6.45) is 9.00. The quantitative estimate of drug-likeness (QED) is 0.786. The molecule has 0 saturated heterocycles. The van der Waals surface area contributed by atoms with Gasteiger partial charge in [0.15, 0.2) is 11.6 Å². The fraction of sp³-hybridized carbons (Fsp3) is 0.0667. The minimum atomic E-state index is -0.403. The second kappa shape index (κ2) is 6.56. The summed E-state index contributed by atoms with van der Waals surface area (Å²) in [7, 11) is 0. The van der Waals surface area contributed by atoms with Crippen molar-refractivity contribution < 1.29 is 9.53 Å². The fourth-order valence-corrected chi connectivity index (χ4v) is 1.78. The fourth-order valence-electron chi connectivity index (χ4n) is 1.78. The molecule has 0 unspecified atom stereocenters. The van der Waals surface area contributed by atoms with Crippen LogP contribution in [0.5, 0.6) is 11.5 Å². The van der Waals surface area contributed by atoms with Gasteiger partial charge in [-0.3, -0.25) is 14.8 Å². The maximum absolute atomic E-state index is 12.2. The molecule has 0 atom stereocenters. The predicted octanol–water partition coefficient (Wildman–Crippen LogP) is 2.01. The maximum atomic E-state index is 12.2. The zero-order valence-electron chi connectivity index (χ0n) is 12.2. The largest absolute Gasteiger partial charge is 0.454 e. The molecule has 114 valence electrons. The zero-order chi connectivity index (χ0) is 16.1. The van der Waals surface area contributed by atoms with Crippen molar-refractivity contribution in [1.82, 2.24) is 24.9 Å². The third-order valence-electron chi connectivity index (χ3n) is 2.73. The molecule has 8 heteroatoms. The van der Waals surface area contributed by atoms with E-state index in [0.29, 0.717) is 23.0 Å². The van der Waals surface area contributed by atoms with Gasteiger partial charge in [0.2, 0.25) is 0 Å². The molecule has 3 rings (SSSR count). The Bertz CT molecular complexity index is 825. The molecule has 0 radical (unpaired) electrons. The topological polar surface area (TPSA) is 103 Å². The molecule has 0 bridgehead atoms. The lowest BCUT2D eigenvalue weighted by molar-refractivity contribution is 0.102. The van der Waals surface area contributed by atoms with E-state index < -0.39 is 5.91 Å². The maximum Gasteiger partial charge on any atom is 0.275 e. The Labute approximate surface area is 131 Å². The van der Waals surface area contributed by atoms with Gasteiger partial charge in [0, 0.05) is 18.5 Å². The van der Waals surface area contributed by atoms with Crippen molar-refractivity contribution in [3.63, 3.8) is 0 Å². The summed E-state index contributed by atoms with van der Waals surface area (Å²) in [5, 5.41) is 2.63. The third kappa shape index (κ3) is 3.82. The van der Waals surface area contributed by atoms with E-state index in [0.717, 1.165) is 0 Å². The van der Waals surface area contributed by atoms with E-state index in [9.17, 15) is 4.79 Å². The number of ether oxygens (including phenoxy) is 1. The molecule has 3 aromatic heterocycles. The first kappa shape index (κ1) is 14.5. The van der Waals surface area contributed by atoms with Crippen molar-refractivity contribution in [1.29, 1.82) is 0 Å². The van der Waals surface area contributed by atoms with Crippen LogP contribution in [0.4, 0.5) is 5.82 Å². The summed E-state index contributed by atoms with van der Waals surface area (Å²) in [4.78, 5) is 32.1. The molecule has 3 heterocycles. The summed E-state index contributed by atoms with van der Waals surface area (Å²) >= 11 is 0. The van der Waals surface area contributed by atoms with Gasteiger partial charge < -0.3 is 10.1 Å². The molecule has 1 N–H and O–H groups in total. The minimum absolute atomic E-state index is 0.197. The number of hydrogen-bond acceptors (Lipinski definition) is 7. The van der Waals surface area contributed by atoms with Crippen molar-refractivity contribution in [3.05, 3.63) is 60.8 Å². The Morgan fingerprint density at radius 1 is 1.09 bits per heavy atom. The van der Waals surface area contributed by atoms with Gasteiger partial charge in [-0.2, -0.15) is 0 Å². The molecule has 3 aromatic rings. The van der Waals surface area contributed by atoms with E-state index in [2.05, 4.69) is 30.2 Å². The van der Waals surface area contributed by atoms with Crippen LogP contribution in [0.2, 0.25) is 0 Å². The number of aryl methyl sites for hydroxylation is 1. The number of pyridine rings is 1. The number of carbonyl (C=O) groups is 1. The number of carbonyl (C=O) groups excluding carboxylic acids is 1. The van der Waals surface area contributed by atoms with E-state index in [4.69, 9.17) is 4.74 Å². The third-order valence-corrected chi connectivity index (χ3v) is 2.73. The van der Waals surface area contributed by atoms with Crippen LogP contribution < -0.4 is 10.1 Å². The zero-order valence-corrected chi connectivity index (χ0v) is 12.2. The highest BCUT2D eigenvalue weighted by atomic mass is 16.5. The second-order valence-corrected chi connectivity index (χ2v) is 4.55. The summed E-state index contributed by atoms with van der Waals surface area (Å²) in [5.74, 6) is 0.879. The van der Waals surface area contributed by atoms with Crippen LogP contribution in [-0.4, -0.2) is 30.8 Å². The smallest absolute Gasteiger partial charge is 0.275 e. The lowest BCUT2D eigenvalue weighted by Crippen LogP contribution is -2.15. The normalized spacial score (nSPS) is 10.1. The number of amides is 1. The molecule has 0 saturated carbocycles. The van der Waals surface area contributed by atoms with Crippen molar-refractivity contribution in [2.75, 3.05) is 5.32 Å². The number of rotatable bonds is 4. The van der Waals surface area contributed by atoms with Crippen molar-refractivity contribution in [2.24, 2.45) is 0 Å². The van der Waals surface area contributed by atoms with E-state index in [1.165, 1.54) is 37.2 Å². The molecule has 0 spiro atoms. The molecule has 1 amide bonds. The summed E-state index contributed by atoms with van der Waals surface area (Å²) in [5.41, 5.74) is 0.902. The van der Waals surface area contributed by atoms with Crippen LogP contribution in [0.1, 0.15) is 16.2 Å². The average Bonchev–Trinajstić information content (AvgIpc) is 2.56. The summed E-state index contributed by atoms with van der Waals surface area (Å²) in [6, 6.07) is 3.15. The SMILES string of the molecule is Cc1cncc(NC(=O)c2cc(Oc3cncnc3)ccn2)n1. The van der Waals surface area contributed by atoms with Gasteiger partial charge in [0.25, 0.3) is 5.91 Å². The molecule has 0 fully saturated rings. The Morgan fingerprint density at radius 3 is 2.70 bits per heavy atom. The molecule has 8 nitrogen and oxygen atoms in total. The Kier molecular flexibility index (Phi) is 4.14. The molecule has 0 aliphatic rings. The van der Waals surface area contributed by atoms with Crippen LogP contribution in [0.3, 0.4) is 0 Å². The van der Waals surface area contributed by atoms with Gasteiger partial charge in [-0.1, -0.05) is 0 Å². The first-order valence-corrected chi connectivity index (χ1v) is 6.69. The number of hydrogen-bond donors (Lipinski definition) is 1. The van der Waals surface area contributed by atoms with Crippen LogP contribution >= 0.6 is 0 Å². The summed E-state index contributed by atoms with van der Waals surface area (Å²) in [6.45, 7) is 1.79. The van der Waals surface area contributed by atoms with Gasteiger partial charge in [-0.25, -0.2) is 15.0 Å². The first-order chi connectivity index (χ1) is 11.2. The van der Waals surface area contributed by atoms with E-state index >= 15 is 0 Å². The first-order valence-electron chi connectivity index (χ1n) is 6.69. The second-order valence-electron chi connectivity index (χ2n) is 4.55. The highest BCUT2D eigenvalue weighted by molar-refractivity contribution is 6.02. The minimum Gasteiger partial charge on any atom is -0.454 e. The number of nitrogens with one attached hydrogen (secondary N) is 1. The van der Waals surface area contributed by atoms with E-state index in [1.54, 1.807) is 19.2 Å². The highest BCUT2D eigenvalue weighted by Crippen LogP contribution is 2.19.